The fourth-order valence-corrected chi connectivity index (χ4v) is 3.63. The molecule has 0 atom stereocenters. The second-order valence-corrected chi connectivity index (χ2v) is 6.82. The Balaban J connectivity index is 1.65. The summed E-state index contributed by atoms with van der Waals surface area (Å²) in [5.41, 5.74) is 0.431. The van der Waals surface area contributed by atoms with Gasteiger partial charge in [-0.25, -0.2) is 8.42 Å². The Kier molecular flexibility index (Phi) is 3.79. The van der Waals surface area contributed by atoms with Gasteiger partial charge in [0.15, 0.2) is 0 Å². The predicted molar refractivity (Wildman–Crippen MR) is 78.6 cm³/mol. The normalized spacial score (nSPS) is 15.8. The molecule has 2 heterocycles. The van der Waals surface area contributed by atoms with E-state index in [1.807, 2.05) is 6.07 Å². The molecule has 22 heavy (non-hydrogen) atoms. The molecule has 6 nitrogen and oxygen atoms in total. The summed E-state index contributed by atoms with van der Waals surface area (Å²) in [4.78, 5) is 4.13. The Hall–Kier alpha value is -2.43. The Bertz CT molecular complexity index is 792. The summed E-state index contributed by atoms with van der Waals surface area (Å²) in [6.07, 6.45) is 3.07. The number of hydrogen-bond donors (Lipinski definition) is 0. The fourth-order valence-electron chi connectivity index (χ4n) is 2.13. The van der Waals surface area contributed by atoms with Gasteiger partial charge in [-0.15, -0.1) is 0 Å². The Labute approximate surface area is 128 Å². The van der Waals surface area contributed by atoms with Crippen molar-refractivity contribution in [2.75, 3.05) is 13.1 Å². The average molecular weight is 315 g/mol. The minimum Gasteiger partial charge on any atom is -0.486 e. The molecule has 1 fully saturated rings. The quantitative estimate of drug-likeness (QED) is 0.851. The molecule has 0 unspecified atom stereocenters. The lowest BCUT2D eigenvalue weighted by atomic mass is 10.2. The second kappa shape index (κ2) is 5.75. The number of aromatic nitrogens is 1. The molecule has 0 spiro atoms. The van der Waals surface area contributed by atoms with Crippen LogP contribution in [0.5, 0.6) is 5.75 Å². The highest BCUT2D eigenvalue weighted by atomic mass is 32.2. The van der Waals surface area contributed by atoms with Crippen molar-refractivity contribution in [1.29, 1.82) is 5.26 Å². The monoisotopic (exact) mass is 315 g/mol. The van der Waals surface area contributed by atoms with Crippen molar-refractivity contribution in [3.8, 4) is 11.8 Å². The topological polar surface area (TPSA) is 83.3 Å². The van der Waals surface area contributed by atoms with Gasteiger partial charge < -0.3 is 4.74 Å². The Morgan fingerprint density at radius 2 is 1.95 bits per heavy atom. The SMILES string of the molecule is N#Cc1ccc(S(=O)(=O)N2CC(Oc3cccnc3)C2)cc1. The number of pyridine rings is 1. The lowest BCUT2D eigenvalue weighted by Crippen LogP contribution is -2.55. The maximum Gasteiger partial charge on any atom is 0.243 e. The molecule has 1 aromatic carbocycles. The molecule has 112 valence electrons. The van der Waals surface area contributed by atoms with E-state index in [0.717, 1.165) is 0 Å². The molecule has 0 bridgehead atoms. The molecular weight excluding hydrogens is 302 g/mol. The molecule has 7 heteroatoms. The van der Waals surface area contributed by atoms with Gasteiger partial charge in [0.05, 0.1) is 35.8 Å². The summed E-state index contributed by atoms with van der Waals surface area (Å²) >= 11 is 0. The first kappa shape index (κ1) is 14.5. The van der Waals surface area contributed by atoms with Gasteiger partial charge in [0, 0.05) is 6.20 Å². The van der Waals surface area contributed by atoms with E-state index in [1.54, 1.807) is 24.5 Å². The number of benzene rings is 1. The van der Waals surface area contributed by atoms with Crippen LogP contribution in [0.4, 0.5) is 0 Å². The minimum atomic E-state index is -3.52. The van der Waals surface area contributed by atoms with Crippen LogP contribution in [-0.2, 0) is 10.0 Å². The van der Waals surface area contributed by atoms with Crippen LogP contribution in [0, 0.1) is 11.3 Å². The molecule has 0 saturated carbocycles. The maximum atomic E-state index is 12.4. The van der Waals surface area contributed by atoms with E-state index in [4.69, 9.17) is 10.00 Å². The first-order valence-electron chi connectivity index (χ1n) is 6.66. The predicted octanol–water partition coefficient (Wildman–Crippen LogP) is 1.41. The molecule has 0 aliphatic carbocycles. The molecule has 2 aromatic rings. The van der Waals surface area contributed by atoms with Crippen LogP contribution in [0.15, 0.2) is 53.7 Å². The molecule has 0 N–H and O–H groups in total. The molecule has 1 aliphatic rings. The number of hydrogen-bond acceptors (Lipinski definition) is 5. The van der Waals surface area contributed by atoms with E-state index in [-0.39, 0.29) is 11.0 Å². The van der Waals surface area contributed by atoms with Gasteiger partial charge in [-0.2, -0.15) is 9.57 Å². The highest BCUT2D eigenvalue weighted by Gasteiger charge is 2.38. The van der Waals surface area contributed by atoms with E-state index in [9.17, 15) is 8.42 Å². The van der Waals surface area contributed by atoms with Gasteiger partial charge in [0.25, 0.3) is 0 Å². The van der Waals surface area contributed by atoms with Crippen LogP contribution in [0.2, 0.25) is 0 Å². The summed E-state index contributed by atoms with van der Waals surface area (Å²) in [7, 11) is -3.52. The lowest BCUT2D eigenvalue weighted by Gasteiger charge is -2.37. The van der Waals surface area contributed by atoms with Gasteiger partial charge in [0.1, 0.15) is 11.9 Å². The zero-order chi connectivity index (χ0) is 15.6. The molecule has 0 radical (unpaired) electrons. The first-order chi connectivity index (χ1) is 10.6. The van der Waals surface area contributed by atoms with E-state index < -0.39 is 10.0 Å². The van der Waals surface area contributed by atoms with Gasteiger partial charge >= 0.3 is 0 Å². The molecular formula is C15H13N3O3S. The van der Waals surface area contributed by atoms with E-state index in [1.165, 1.54) is 28.6 Å². The van der Waals surface area contributed by atoms with Crippen LogP contribution in [0.3, 0.4) is 0 Å². The third-order valence-corrected chi connectivity index (χ3v) is 5.22. The maximum absolute atomic E-state index is 12.4. The van der Waals surface area contributed by atoms with Crippen LogP contribution < -0.4 is 4.74 Å². The molecule has 3 rings (SSSR count). The standard InChI is InChI=1S/C15H13N3O3S/c16-8-12-3-5-15(6-4-12)22(19,20)18-10-14(11-18)21-13-2-1-7-17-9-13/h1-7,9,14H,10-11H2. The number of sulfonamides is 1. The van der Waals surface area contributed by atoms with Crippen molar-refractivity contribution in [3.63, 3.8) is 0 Å². The minimum absolute atomic E-state index is 0.169. The summed E-state index contributed by atoms with van der Waals surface area (Å²) in [6, 6.07) is 11.4. The molecule has 1 saturated heterocycles. The van der Waals surface area contributed by atoms with Gasteiger partial charge in [-0.3, -0.25) is 4.98 Å². The van der Waals surface area contributed by atoms with Crippen molar-refractivity contribution in [3.05, 3.63) is 54.4 Å². The molecule has 1 aromatic heterocycles. The van der Waals surface area contributed by atoms with Gasteiger partial charge in [-0.05, 0) is 36.4 Å². The largest absolute Gasteiger partial charge is 0.486 e. The second-order valence-electron chi connectivity index (χ2n) is 4.89. The van der Waals surface area contributed by atoms with Crippen molar-refractivity contribution < 1.29 is 13.2 Å². The fraction of sp³-hybridized carbons (Fsp3) is 0.200. The van der Waals surface area contributed by atoms with Crippen LogP contribution in [-0.4, -0.2) is 36.9 Å². The third-order valence-electron chi connectivity index (χ3n) is 3.37. The van der Waals surface area contributed by atoms with Crippen LogP contribution in [0.25, 0.3) is 0 Å². The lowest BCUT2D eigenvalue weighted by molar-refractivity contribution is 0.0759. The van der Waals surface area contributed by atoms with Crippen LogP contribution >= 0.6 is 0 Å². The van der Waals surface area contributed by atoms with Gasteiger partial charge in [-0.1, -0.05) is 0 Å². The van der Waals surface area contributed by atoms with E-state index in [0.29, 0.717) is 24.4 Å². The number of nitrogens with zero attached hydrogens (tertiary/aromatic N) is 3. The van der Waals surface area contributed by atoms with Crippen molar-refractivity contribution >= 4 is 10.0 Å². The zero-order valence-corrected chi connectivity index (χ0v) is 12.4. The Morgan fingerprint density at radius 3 is 2.55 bits per heavy atom. The smallest absolute Gasteiger partial charge is 0.243 e. The zero-order valence-electron chi connectivity index (χ0n) is 11.6. The number of ether oxygens (including phenoxy) is 1. The van der Waals surface area contributed by atoms with E-state index >= 15 is 0 Å². The Morgan fingerprint density at radius 1 is 1.23 bits per heavy atom. The highest BCUT2D eigenvalue weighted by molar-refractivity contribution is 7.89. The molecule has 0 amide bonds. The summed E-state index contributed by atoms with van der Waals surface area (Å²) in [5.74, 6) is 0.628. The molecule has 1 aliphatic heterocycles. The number of nitriles is 1. The van der Waals surface area contributed by atoms with Gasteiger partial charge in [0.2, 0.25) is 10.0 Å². The third kappa shape index (κ3) is 2.79. The van der Waals surface area contributed by atoms with Crippen LogP contribution in [0.1, 0.15) is 5.56 Å². The average Bonchev–Trinajstić information content (AvgIpc) is 2.51. The van der Waals surface area contributed by atoms with Crippen molar-refractivity contribution in [1.82, 2.24) is 9.29 Å². The first-order valence-corrected chi connectivity index (χ1v) is 8.10. The number of rotatable bonds is 4. The van der Waals surface area contributed by atoms with E-state index in [2.05, 4.69) is 4.98 Å². The summed E-state index contributed by atoms with van der Waals surface area (Å²) < 4.78 is 31.8. The summed E-state index contributed by atoms with van der Waals surface area (Å²) in [6.45, 7) is 0.606. The van der Waals surface area contributed by atoms with Crippen molar-refractivity contribution in [2.45, 2.75) is 11.0 Å². The summed E-state index contributed by atoms with van der Waals surface area (Å²) in [5, 5.41) is 8.74. The van der Waals surface area contributed by atoms with Crippen molar-refractivity contribution in [2.24, 2.45) is 0 Å². The highest BCUT2D eigenvalue weighted by Crippen LogP contribution is 2.24.